The summed E-state index contributed by atoms with van der Waals surface area (Å²) >= 11 is 0. The van der Waals surface area contributed by atoms with Gasteiger partial charge in [-0.1, -0.05) is 6.92 Å². The van der Waals surface area contributed by atoms with Crippen LogP contribution in [-0.2, 0) is 0 Å². The normalized spacial score (nSPS) is 37.2. The average Bonchev–Trinajstić information content (AvgIpc) is 2.50. The second-order valence-corrected chi connectivity index (χ2v) is 6.14. The van der Waals surface area contributed by atoms with Gasteiger partial charge < -0.3 is 4.48 Å². The first kappa shape index (κ1) is 11.4. The van der Waals surface area contributed by atoms with Crippen LogP contribution in [0.5, 0.6) is 0 Å². The van der Waals surface area contributed by atoms with Crippen LogP contribution in [0.2, 0.25) is 0 Å². The van der Waals surface area contributed by atoms with Gasteiger partial charge >= 0.3 is 0 Å². The van der Waals surface area contributed by atoms with Crippen molar-refractivity contribution in [2.24, 2.45) is 5.92 Å². The molecule has 0 aliphatic carbocycles. The SMILES string of the molecule is CC1CCC[N+]2(CCCCCC2)C(C)C1. The number of hydrogen-bond donors (Lipinski definition) is 0. The quantitative estimate of drug-likeness (QED) is 0.536. The van der Waals surface area contributed by atoms with Crippen LogP contribution < -0.4 is 0 Å². The molecule has 2 atom stereocenters. The monoisotopic (exact) mass is 210 g/mol. The van der Waals surface area contributed by atoms with Gasteiger partial charge in [-0.05, 0) is 51.4 Å². The molecule has 1 heteroatoms. The minimum absolute atomic E-state index is 0.931. The summed E-state index contributed by atoms with van der Waals surface area (Å²) in [7, 11) is 0. The van der Waals surface area contributed by atoms with Crippen molar-refractivity contribution in [2.75, 3.05) is 19.6 Å². The molecule has 2 rings (SSSR count). The molecule has 0 bridgehead atoms. The third-order valence-electron chi connectivity index (χ3n) is 4.94. The van der Waals surface area contributed by atoms with Crippen LogP contribution in [-0.4, -0.2) is 30.2 Å². The van der Waals surface area contributed by atoms with Crippen molar-refractivity contribution in [3.63, 3.8) is 0 Å². The zero-order valence-electron chi connectivity index (χ0n) is 10.7. The Bertz CT molecular complexity index is 192. The maximum Gasteiger partial charge on any atom is 0.0864 e. The smallest absolute Gasteiger partial charge is 0.0864 e. The highest BCUT2D eigenvalue weighted by Crippen LogP contribution is 2.31. The summed E-state index contributed by atoms with van der Waals surface area (Å²) < 4.78 is 1.48. The molecule has 2 fully saturated rings. The zero-order chi connectivity index (χ0) is 10.7. The maximum absolute atomic E-state index is 2.52. The number of nitrogens with zero attached hydrogens (tertiary/aromatic N) is 1. The molecule has 1 spiro atoms. The van der Waals surface area contributed by atoms with E-state index in [-0.39, 0.29) is 0 Å². The van der Waals surface area contributed by atoms with Crippen LogP contribution >= 0.6 is 0 Å². The van der Waals surface area contributed by atoms with E-state index in [2.05, 4.69) is 13.8 Å². The fourth-order valence-corrected chi connectivity index (χ4v) is 3.88. The van der Waals surface area contributed by atoms with Gasteiger partial charge in [0.2, 0.25) is 0 Å². The van der Waals surface area contributed by atoms with Gasteiger partial charge in [0.05, 0.1) is 25.7 Å². The third-order valence-corrected chi connectivity index (χ3v) is 4.94. The highest BCUT2D eigenvalue weighted by Gasteiger charge is 2.36. The number of quaternary nitrogens is 1. The first-order chi connectivity index (χ1) is 7.23. The van der Waals surface area contributed by atoms with E-state index in [0.29, 0.717) is 0 Å². The average molecular weight is 210 g/mol. The molecule has 2 aliphatic rings. The van der Waals surface area contributed by atoms with E-state index in [1.54, 1.807) is 0 Å². The Balaban J connectivity index is 2.08. The standard InChI is InChI=1S/C14H28N/c1-13-8-7-11-15(14(2)12-13)9-5-3-4-6-10-15/h13-14H,3-12H2,1-2H3/q+1. The van der Waals surface area contributed by atoms with Crippen molar-refractivity contribution in [1.82, 2.24) is 0 Å². The van der Waals surface area contributed by atoms with E-state index in [1.807, 2.05) is 0 Å². The molecule has 0 saturated carbocycles. The molecular weight excluding hydrogens is 182 g/mol. The largest absolute Gasteiger partial charge is 0.321 e. The minimum atomic E-state index is 0.931. The molecular formula is C14H28N+. The Morgan fingerprint density at radius 2 is 1.40 bits per heavy atom. The zero-order valence-corrected chi connectivity index (χ0v) is 10.7. The highest BCUT2D eigenvalue weighted by atomic mass is 15.4. The Hall–Kier alpha value is -0.0400. The van der Waals surface area contributed by atoms with Crippen LogP contribution in [0.4, 0.5) is 0 Å². The molecule has 88 valence electrons. The first-order valence-electron chi connectivity index (χ1n) is 7.09. The molecule has 2 unspecified atom stereocenters. The fourth-order valence-electron chi connectivity index (χ4n) is 3.88. The molecule has 2 heterocycles. The first-order valence-corrected chi connectivity index (χ1v) is 7.09. The summed E-state index contributed by atoms with van der Waals surface area (Å²) in [6.45, 7) is 9.41. The molecule has 1 nitrogen and oxygen atoms in total. The second-order valence-electron chi connectivity index (χ2n) is 6.14. The van der Waals surface area contributed by atoms with Crippen molar-refractivity contribution >= 4 is 0 Å². The van der Waals surface area contributed by atoms with Gasteiger partial charge in [-0.25, -0.2) is 0 Å². The molecule has 0 N–H and O–H groups in total. The summed E-state index contributed by atoms with van der Waals surface area (Å²) in [6.07, 6.45) is 10.4. The van der Waals surface area contributed by atoms with Crippen LogP contribution in [0.15, 0.2) is 0 Å². The fraction of sp³-hybridized carbons (Fsp3) is 1.00. The molecule has 0 aromatic heterocycles. The molecule has 2 saturated heterocycles. The topological polar surface area (TPSA) is 0 Å². The molecule has 0 amide bonds. The summed E-state index contributed by atoms with van der Waals surface area (Å²) in [6, 6.07) is 0.931. The Morgan fingerprint density at radius 3 is 2.07 bits per heavy atom. The van der Waals surface area contributed by atoms with Crippen molar-refractivity contribution in [1.29, 1.82) is 0 Å². The van der Waals surface area contributed by atoms with Crippen LogP contribution in [0.25, 0.3) is 0 Å². The second kappa shape index (κ2) is 4.86. The van der Waals surface area contributed by atoms with Gasteiger partial charge in [-0.2, -0.15) is 0 Å². The van der Waals surface area contributed by atoms with Crippen LogP contribution in [0.3, 0.4) is 0 Å². The van der Waals surface area contributed by atoms with Crippen molar-refractivity contribution in [2.45, 2.75) is 64.8 Å². The van der Waals surface area contributed by atoms with E-state index in [9.17, 15) is 0 Å². The Morgan fingerprint density at radius 1 is 0.800 bits per heavy atom. The molecule has 0 aromatic rings. The van der Waals surface area contributed by atoms with Gasteiger partial charge in [0.25, 0.3) is 0 Å². The van der Waals surface area contributed by atoms with Gasteiger partial charge in [0.1, 0.15) is 0 Å². The lowest BCUT2D eigenvalue weighted by Gasteiger charge is -2.42. The van der Waals surface area contributed by atoms with Gasteiger partial charge in [-0.3, -0.25) is 0 Å². The summed E-state index contributed by atoms with van der Waals surface area (Å²) in [4.78, 5) is 0. The molecule has 0 aromatic carbocycles. The lowest BCUT2D eigenvalue weighted by Crippen LogP contribution is -2.54. The Kier molecular flexibility index (Phi) is 3.71. The van der Waals surface area contributed by atoms with E-state index in [4.69, 9.17) is 0 Å². The van der Waals surface area contributed by atoms with Crippen molar-refractivity contribution in [3.8, 4) is 0 Å². The minimum Gasteiger partial charge on any atom is -0.321 e. The predicted molar refractivity (Wildman–Crippen MR) is 65.8 cm³/mol. The number of hydrogen-bond acceptors (Lipinski definition) is 0. The summed E-state index contributed by atoms with van der Waals surface area (Å²) in [5, 5.41) is 0. The van der Waals surface area contributed by atoms with Crippen molar-refractivity contribution < 1.29 is 4.48 Å². The highest BCUT2D eigenvalue weighted by molar-refractivity contribution is 4.68. The lowest BCUT2D eigenvalue weighted by molar-refractivity contribution is -0.948. The van der Waals surface area contributed by atoms with Gasteiger partial charge in [0.15, 0.2) is 0 Å². The Labute approximate surface area is 95.4 Å². The van der Waals surface area contributed by atoms with E-state index in [1.165, 1.54) is 69.1 Å². The summed E-state index contributed by atoms with van der Waals surface area (Å²) in [5.41, 5.74) is 0. The van der Waals surface area contributed by atoms with Gasteiger partial charge in [-0.15, -0.1) is 0 Å². The van der Waals surface area contributed by atoms with Crippen molar-refractivity contribution in [3.05, 3.63) is 0 Å². The van der Waals surface area contributed by atoms with Gasteiger partial charge in [0, 0.05) is 6.42 Å². The summed E-state index contributed by atoms with van der Waals surface area (Å²) in [5.74, 6) is 0.973. The van der Waals surface area contributed by atoms with E-state index >= 15 is 0 Å². The van der Waals surface area contributed by atoms with E-state index in [0.717, 1.165) is 12.0 Å². The van der Waals surface area contributed by atoms with Crippen LogP contribution in [0.1, 0.15) is 58.8 Å². The molecule has 2 aliphatic heterocycles. The van der Waals surface area contributed by atoms with Crippen LogP contribution in [0, 0.1) is 5.92 Å². The third kappa shape index (κ3) is 2.55. The number of rotatable bonds is 0. The lowest BCUT2D eigenvalue weighted by atomic mass is 9.99. The maximum atomic E-state index is 2.52. The molecule has 15 heavy (non-hydrogen) atoms. The van der Waals surface area contributed by atoms with E-state index < -0.39 is 0 Å². The predicted octanol–water partition coefficient (Wildman–Crippen LogP) is 3.59. The molecule has 0 radical (unpaired) electrons.